The van der Waals surface area contributed by atoms with Gasteiger partial charge in [-0.25, -0.2) is 0 Å². The molecule has 1 heterocycles. The number of aliphatic hydroxyl groups is 1. The van der Waals surface area contributed by atoms with Crippen molar-refractivity contribution < 1.29 is 10.2 Å². The van der Waals surface area contributed by atoms with E-state index in [4.69, 9.17) is 0 Å². The lowest BCUT2D eigenvalue weighted by Crippen LogP contribution is -2.34. The summed E-state index contributed by atoms with van der Waals surface area (Å²) in [4.78, 5) is 14.4. The summed E-state index contributed by atoms with van der Waals surface area (Å²) >= 11 is 0. The molecule has 0 aliphatic heterocycles. The molecule has 0 bridgehead atoms. The molecule has 1 unspecified atom stereocenters. The molecule has 1 aromatic heterocycles. The molecule has 4 N–H and O–H groups in total. The van der Waals surface area contributed by atoms with E-state index in [0.29, 0.717) is 18.1 Å². The Morgan fingerprint density at radius 2 is 1.73 bits per heavy atom. The second kappa shape index (κ2) is 8.62. The van der Waals surface area contributed by atoms with Crippen LogP contribution in [0.4, 0.5) is 0 Å². The van der Waals surface area contributed by atoms with Gasteiger partial charge in [0.25, 0.3) is 0 Å². The molecule has 5 nitrogen and oxygen atoms in total. The maximum atomic E-state index is 11.7. The standard InChI is InChI=1S/C25H30N2O3/c1-3-15-9-17-11-20(12-18(17)10-16(15)4-2)26-13-19(14-28)21-5-7-23(29)25-22(21)6-8-24(30)27-25/h5-10,19-20,26,28-29H,3-4,11-14H2,1-2H3,(H,27,30). The van der Waals surface area contributed by atoms with Gasteiger partial charge in [-0.1, -0.05) is 32.0 Å². The quantitative estimate of drug-likeness (QED) is 0.485. The number of benzene rings is 2. The summed E-state index contributed by atoms with van der Waals surface area (Å²) in [5.74, 6) is -0.0825. The molecule has 0 saturated heterocycles. The Kier molecular flexibility index (Phi) is 5.93. The van der Waals surface area contributed by atoms with Crippen molar-refractivity contribution in [2.24, 2.45) is 0 Å². The van der Waals surface area contributed by atoms with E-state index < -0.39 is 0 Å². The fourth-order valence-corrected chi connectivity index (χ4v) is 4.77. The van der Waals surface area contributed by atoms with Gasteiger partial charge in [0.05, 0.1) is 12.1 Å². The fraction of sp³-hybridized carbons (Fsp3) is 0.400. The molecule has 0 fully saturated rings. The molecule has 1 atom stereocenters. The highest BCUT2D eigenvalue weighted by molar-refractivity contribution is 5.87. The number of nitrogens with one attached hydrogen (secondary N) is 2. The summed E-state index contributed by atoms with van der Waals surface area (Å²) in [6.45, 7) is 5.06. The molecule has 4 rings (SSSR count). The number of hydrogen-bond donors (Lipinski definition) is 4. The number of aromatic amines is 1. The van der Waals surface area contributed by atoms with Crippen LogP contribution < -0.4 is 10.9 Å². The van der Waals surface area contributed by atoms with E-state index in [1.54, 1.807) is 12.1 Å². The van der Waals surface area contributed by atoms with Crippen LogP contribution in [0.15, 0.2) is 41.2 Å². The second-order valence-electron chi connectivity index (χ2n) is 8.27. The molecule has 1 aliphatic carbocycles. The number of aromatic hydroxyl groups is 1. The minimum atomic E-state index is -0.254. The van der Waals surface area contributed by atoms with Crippen LogP contribution in [0.1, 0.15) is 47.6 Å². The van der Waals surface area contributed by atoms with Gasteiger partial charge in [-0.2, -0.15) is 0 Å². The number of hydrogen-bond acceptors (Lipinski definition) is 4. The summed E-state index contributed by atoms with van der Waals surface area (Å²) in [7, 11) is 0. The van der Waals surface area contributed by atoms with Gasteiger partial charge in [0.15, 0.2) is 0 Å². The first kappa shape index (κ1) is 20.6. The summed E-state index contributed by atoms with van der Waals surface area (Å²) < 4.78 is 0. The van der Waals surface area contributed by atoms with Crippen LogP contribution in [0.2, 0.25) is 0 Å². The van der Waals surface area contributed by atoms with E-state index in [2.05, 4.69) is 36.3 Å². The third kappa shape index (κ3) is 3.87. The molecule has 0 spiro atoms. The van der Waals surface area contributed by atoms with Crippen LogP contribution in [0, 0.1) is 0 Å². The Labute approximate surface area is 176 Å². The van der Waals surface area contributed by atoms with E-state index >= 15 is 0 Å². The number of pyridine rings is 1. The lowest BCUT2D eigenvalue weighted by Gasteiger charge is -2.20. The third-order valence-electron chi connectivity index (χ3n) is 6.44. The minimum Gasteiger partial charge on any atom is -0.506 e. The highest BCUT2D eigenvalue weighted by atomic mass is 16.3. The van der Waals surface area contributed by atoms with Crippen molar-refractivity contribution in [1.82, 2.24) is 10.3 Å². The highest BCUT2D eigenvalue weighted by Gasteiger charge is 2.24. The highest BCUT2D eigenvalue weighted by Crippen LogP contribution is 2.31. The molecule has 0 saturated carbocycles. The Morgan fingerprint density at radius 3 is 2.33 bits per heavy atom. The van der Waals surface area contributed by atoms with Gasteiger partial charge in [-0.3, -0.25) is 4.79 Å². The zero-order valence-electron chi connectivity index (χ0n) is 17.7. The van der Waals surface area contributed by atoms with E-state index in [1.165, 1.54) is 28.3 Å². The second-order valence-corrected chi connectivity index (χ2v) is 8.27. The normalized spacial score (nSPS) is 14.9. The van der Waals surface area contributed by atoms with Gasteiger partial charge in [-0.15, -0.1) is 0 Å². The number of aryl methyl sites for hydroxylation is 2. The van der Waals surface area contributed by atoms with Crippen LogP contribution in [0.3, 0.4) is 0 Å². The first-order valence-electron chi connectivity index (χ1n) is 10.9. The predicted octanol–water partition coefficient (Wildman–Crippen LogP) is 3.19. The number of H-pyrrole nitrogens is 1. The van der Waals surface area contributed by atoms with Gasteiger partial charge in [0.2, 0.25) is 5.56 Å². The maximum Gasteiger partial charge on any atom is 0.248 e. The van der Waals surface area contributed by atoms with Crippen LogP contribution in [0.25, 0.3) is 10.9 Å². The molecule has 5 heteroatoms. The number of rotatable bonds is 7. The average molecular weight is 407 g/mol. The minimum absolute atomic E-state index is 0.00830. The number of phenolic OH excluding ortho intramolecular Hbond substituents is 1. The van der Waals surface area contributed by atoms with E-state index in [-0.39, 0.29) is 23.8 Å². The largest absolute Gasteiger partial charge is 0.506 e. The first-order valence-corrected chi connectivity index (χ1v) is 10.9. The summed E-state index contributed by atoms with van der Waals surface area (Å²) in [6, 6.07) is 11.7. The fourth-order valence-electron chi connectivity index (χ4n) is 4.77. The lowest BCUT2D eigenvalue weighted by molar-refractivity contribution is 0.259. The molecular formula is C25H30N2O3. The van der Waals surface area contributed by atoms with Crippen molar-refractivity contribution in [1.29, 1.82) is 0 Å². The zero-order valence-corrected chi connectivity index (χ0v) is 17.7. The Bertz CT molecular complexity index is 1090. The smallest absolute Gasteiger partial charge is 0.248 e. The number of phenols is 1. The maximum absolute atomic E-state index is 11.7. The van der Waals surface area contributed by atoms with Crippen LogP contribution in [-0.2, 0) is 25.7 Å². The summed E-state index contributed by atoms with van der Waals surface area (Å²) in [6.07, 6.45) is 4.15. The first-order chi connectivity index (χ1) is 14.5. The van der Waals surface area contributed by atoms with Crippen LogP contribution >= 0.6 is 0 Å². The molecule has 0 radical (unpaired) electrons. The van der Waals surface area contributed by atoms with Crippen molar-refractivity contribution in [3.05, 3.63) is 74.6 Å². The van der Waals surface area contributed by atoms with Crippen molar-refractivity contribution >= 4 is 10.9 Å². The van der Waals surface area contributed by atoms with Crippen LogP contribution in [-0.4, -0.2) is 34.4 Å². The number of aromatic nitrogens is 1. The molecule has 2 aromatic carbocycles. The zero-order chi connectivity index (χ0) is 21.3. The lowest BCUT2D eigenvalue weighted by atomic mass is 9.94. The SMILES string of the molecule is CCc1cc2c(cc1CC)CC(NCC(CO)c1ccc(O)c3[nH]c(=O)ccc13)C2. The van der Waals surface area contributed by atoms with E-state index in [0.717, 1.165) is 36.6 Å². The topological polar surface area (TPSA) is 85.3 Å². The Balaban J connectivity index is 1.51. The molecule has 0 amide bonds. The Hall–Kier alpha value is -2.63. The van der Waals surface area contributed by atoms with Gasteiger partial charge >= 0.3 is 0 Å². The van der Waals surface area contributed by atoms with Crippen molar-refractivity contribution in [3.63, 3.8) is 0 Å². The summed E-state index contributed by atoms with van der Waals surface area (Å²) in [5, 5.41) is 24.6. The van der Waals surface area contributed by atoms with E-state index in [9.17, 15) is 15.0 Å². The van der Waals surface area contributed by atoms with Crippen molar-refractivity contribution in [3.8, 4) is 5.75 Å². The molecule has 30 heavy (non-hydrogen) atoms. The monoisotopic (exact) mass is 406 g/mol. The summed E-state index contributed by atoms with van der Waals surface area (Å²) in [5.41, 5.74) is 6.88. The van der Waals surface area contributed by atoms with Crippen molar-refractivity contribution in [2.45, 2.75) is 51.5 Å². The van der Waals surface area contributed by atoms with Gasteiger partial charge in [0, 0.05) is 30.0 Å². The molecule has 158 valence electrons. The van der Waals surface area contributed by atoms with E-state index in [1.807, 2.05) is 6.07 Å². The Morgan fingerprint density at radius 1 is 1.07 bits per heavy atom. The van der Waals surface area contributed by atoms with Gasteiger partial charge < -0.3 is 20.5 Å². The molecule has 3 aromatic rings. The van der Waals surface area contributed by atoms with Crippen molar-refractivity contribution in [2.75, 3.05) is 13.2 Å². The molecule has 1 aliphatic rings. The third-order valence-corrected chi connectivity index (χ3v) is 6.44. The van der Waals surface area contributed by atoms with Gasteiger partial charge in [0.1, 0.15) is 5.75 Å². The average Bonchev–Trinajstić information content (AvgIpc) is 3.16. The number of aliphatic hydroxyl groups excluding tert-OH is 1. The number of fused-ring (bicyclic) bond motifs is 2. The predicted molar refractivity (Wildman–Crippen MR) is 120 cm³/mol. The van der Waals surface area contributed by atoms with Gasteiger partial charge in [-0.05, 0) is 65.6 Å². The van der Waals surface area contributed by atoms with Crippen LogP contribution in [0.5, 0.6) is 5.75 Å². The molecular weight excluding hydrogens is 376 g/mol.